The van der Waals surface area contributed by atoms with Gasteiger partial charge in [0.25, 0.3) is 5.91 Å². The highest BCUT2D eigenvalue weighted by molar-refractivity contribution is 5.88. The molecule has 5 nitrogen and oxygen atoms in total. The van der Waals surface area contributed by atoms with Crippen LogP contribution in [0, 0.1) is 12.7 Å². The summed E-state index contributed by atoms with van der Waals surface area (Å²) in [6, 6.07) is 13.0. The second-order valence-electron chi connectivity index (χ2n) is 8.33. The number of nitrogens with one attached hydrogen (secondary N) is 1. The number of carbonyl (C=O) groups is 2. The molecule has 1 unspecified atom stereocenters. The molecule has 30 heavy (non-hydrogen) atoms. The summed E-state index contributed by atoms with van der Waals surface area (Å²) in [5.41, 5.74) is 1.54. The van der Waals surface area contributed by atoms with E-state index in [0.717, 1.165) is 11.1 Å². The average molecular weight is 415 g/mol. The molecule has 2 amide bonds. The zero-order valence-corrected chi connectivity index (χ0v) is 18.4. The number of halogens is 1. The second kappa shape index (κ2) is 10.2. The standard InChI is InChI=1S/C24H31FN2O3/c1-6-20(23(29)26-24(3,4)5)27(15-18-12-8-7-11-17(18)2)22(28)16-30-21-14-10-9-13-19(21)25/h7-14,20H,6,15-16H2,1-5H3,(H,26,29). The van der Waals surface area contributed by atoms with Gasteiger partial charge in [-0.1, -0.05) is 43.3 Å². The molecule has 1 N–H and O–H groups in total. The lowest BCUT2D eigenvalue weighted by molar-refractivity contribution is -0.143. The van der Waals surface area contributed by atoms with Gasteiger partial charge in [0.15, 0.2) is 18.2 Å². The monoisotopic (exact) mass is 414 g/mol. The first-order valence-electron chi connectivity index (χ1n) is 10.2. The molecule has 2 rings (SSSR count). The largest absolute Gasteiger partial charge is 0.481 e. The predicted octanol–water partition coefficient (Wildman–Crippen LogP) is 4.24. The maximum atomic E-state index is 13.9. The minimum absolute atomic E-state index is 0.00823. The van der Waals surface area contributed by atoms with Gasteiger partial charge in [0, 0.05) is 12.1 Å². The van der Waals surface area contributed by atoms with Crippen molar-refractivity contribution in [3.63, 3.8) is 0 Å². The van der Waals surface area contributed by atoms with Gasteiger partial charge in [0.2, 0.25) is 5.91 Å². The predicted molar refractivity (Wildman–Crippen MR) is 116 cm³/mol. The first-order valence-corrected chi connectivity index (χ1v) is 10.2. The average Bonchev–Trinajstić information content (AvgIpc) is 2.67. The third-order valence-electron chi connectivity index (χ3n) is 4.67. The van der Waals surface area contributed by atoms with Gasteiger partial charge in [0.05, 0.1) is 0 Å². The normalized spacial score (nSPS) is 12.2. The number of hydrogen-bond acceptors (Lipinski definition) is 3. The van der Waals surface area contributed by atoms with Gasteiger partial charge in [0.1, 0.15) is 6.04 Å². The molecule has 0 fully saturated rings. The lowest BCUT2D eigenvalue weighted by Gasteiger charge is -2.33. The van der Waals surface area contributed by atoms with Gasteiger partial charge in [-0.25, -0.2) is 4.39 Å². The van der Waals surface area contributed by atoms with Crippen LogP contribution in [0.5, 0.6) is 5.75 Å². The zero-order valence-electron chi connectivity index (χ0n) is 18.4. The van der Waals surface area contributed by atoms with Gasteiger partial charge >= 0.3 is 0 Å². The van der Waals surface area contributed by atoms with Crippen LogP contribution in [0.25, 0.3) is 0 Å². The molecular formula is C24H31FN2O3. The van der Waals surface area contributed by atoms with E-state index >= 15 is 0 Å². The molecule has 2 aromatic carbocycles. The smallest absolute Gasteiger partial charge is 0.261 e. The van der Waals surface area contributed by atoms with E-state index in [0.29, 0.717) is 6.42 Å². The van der Waals surface area contributed by atoms with Crippen molar-refractivity contribution < 1.29 is 18.7 Å². The number of benzene rings is 2. The molecule has 0 bridgehead atoms. The van der Waals surface area contributed by atoms with Crippen LogP contribution in [0.3, 0.4) is 0 Å². The molecular weight excluding hydrogens is 383 g/mol. The van der Waals surface area contributed by atoms with E-state index < -0.39 is 17.4 Å². The van der Waals surface area contributed by atoms with Crippen LogP contribution in [0.4, 0.5) is 4.39 Å². The quantitative estimate of drug-likeness (QED) is 0.703. The fourth-order valence-corrected chi connectivity index (χ4v) is 3.13. The van der Waals surface area contributed by atoms with Crippen molar-refractivity contribution in [2.24, 2.45) is 0 Å². The van der Waals surface area contributed by atoms with Crippen LogP contribution < -0.4 is 10.1 Å². The highest BCUT2D eigenvalue weighted by atomic mass is 19.1. The Morgan fingerprint density at radius 3 is 2.33 bits per heavy atom. The van der Waals surface area contributed by atoms with E-state index in [1.807, 2.05) is 58.9 Å². The van der Waals surface area contributed by atoms with E-state index in [2.05, 4.69) is 5.32 Å². The molecule has 2 aromatic rings. The number of ether oxygens (including phenoxy) is 1. The molecule has 0 saturated heterocycles. The number of hydrogen-bond donors (Lipinski definition) is 1. The summed E-state index contributed by atoms with van der Waals surface area (Å²) in [4.78, 5) is 27.6. The fraction of sp³-hybridized carbons (Fsp3) is 0.417. The molecule has 0 saturated carbocycles. The van der Waals surface area contributed by atoms with Crippen LogP contribution in [0.1, 0.15) is 45.2 Å². The summed E-state index contributed by atoms with van der Waals surface area (Å²) in [6.07, 6.45) is 0.444. The Hall–Kier alpha value is -2.89. The highest BCUT2D eigenvalue weighted by Crippen LogP contribution is 2.18. The van der Waals surface area contributed by atoms with Crippen LogP contribution >= 0.6 is 0 Å². The van der Waals surface area contributed by atoms with Crippen molar-refractivity contribution in [3.8, 4) is 5.75 Å². The van der Waals surface area contributed by atoms with Crippen molar-refractivity contribution in [1.82, 2.24) is 10.2 Å². The minimum atomic E-state index is -0.666. The molecule has 0 aliphatic rings. The molecule has 0 aliphatic heterocycles. The molecule has 1 atom stereocenters. The third-order valence-corrected chi connectivity index (χ3v) is 4.67. The molecule has 0 spiro atoms. The summed E-state index contributed by atoms with van der Waals surface area (Å²) in [5.74, 6) is -1.13. The fourth-order valence-electron chi connectivity index (χ4n) is 3.13. The molecule has 162 valence electrons. The van der Waals surface area contributed by atoms with Gasteiger partial charge in [-0.05, 0) is 57.4 Å². The Morgan fingerprint density at radius 1 is 1.10 bits per heavy atom. The minimum Gasteiger partial charge on any atom is -0.481 e. The van der Waals surface area contributed by atoms with Gasteiger partial charge in [-0.15, -0.1) is 0 Å². The number of aryl methyl sites for hydroxylation is 1. The highest BCUT2D eigenvalue weighted by Gasteiger charge is 2.31. The first kappa shape index (κ1) is 23.4. The van der Waals surface area contributed by atoms with E-state index in [-0.39, 0.29) is 30.7 Å². The lowest BCUT2D eigenvalue weighted by atomic mass is 10.0. The molecule has 0 aliphatic carbocycles. The summed E-state index contributed by atoms with van der Waals surface area (Å²) < 4.78 is 19.3. The van der Waals surface area contributed by atoms with Gasteiger partial charge in [-0.3, -0.25) is 9.59 Å². The summed E-state index contributed by atoms with van der Waals surface area (Å²) in [5, 5.41) is 2.96. The van der Waals surface area contributed by atoms with E-state index in [9.17, 15) is 14.0 Å². The Labute approximate surface area is 178 Å². The molecule has 0 aromatic heterocycles. The topological polar surface area (TPSA) is 58.6 Å². The Morgan fingerprint density at radius 2 is 1.73 bits per heavy atom. The Balaban J connectivity index is 2.27. The number of carbonyl (C=O) groups excluding carboxylic acids is 2. The number of amides is 2. The number of rotatable bonds is 8. The van der Waals surface area contributed by atoms with Crippen molar-refractivity contribution in [1.29, 1.82) is 0 Å². The number of para-hydroxylation sites is 1. The SMILES string of the molecule is CCC(C(=O)NC(C)(C)C)N(Cc1ccccc1C)C(=O)COc1ccccc1F. The lowest BCUT2D eigenvalue weighted by Crippen LogP contribution is -2.54. The second-order valence-corrected chi connectivity index (χ2v) is 8.33. The van der Waals surface area contributed by atoms with Crippen molar-refractivity contribution in [2.45, 2.75) is 59.2 Å². The van der Waals surface area contributed by atoms with Crippen LogP contribution in [-0.2, 0) is 16.1 Å². The number of nitrogens with zero attached hydrogens (tertiary/aromatic N) is 1. The van der Waals surface area contributed by atoms with Crippen molar-refractivity contribution >= 4 is 11.8 Å². The first-order chi connectivity index (χ1) is 14.1. The van der Waals surface area contributed by atoms with E-state index in [4.69, 9.17) is 4.74 Å². The van der Waals surface area contributed by atoms with Gasteiger partial charge < -0.3 is 15.0 Å². The summed E-state index contributed by atoms with van der Waals surface area (Å²) in [6.45, 7) is 9.42. The van der Waals surface area contributed by atoms with Crippen molar-refractivity contribution in [3.05, 3.63) is 65.5 Å². The van der Waals surface area contributed by atoms with Crippen LogP contribution in [-0.4, -0.2) is 34.9 Å². The molecule has 0 radical (unpaired) electrons. The Bertz CT molecular complexity index is 877. The van der Waals surface area contributed by atoms with E-state index in [1.54, 1.807) is 12.1 Å². The molecule has 0 heterocycles. The maximum absolute atomic E-state index is 13.9. The maximum Gasteiger partial charge on any atom is 0.261 e. The molecule has 6 heteroatoms. The van der Waals surface area contributed by atoms with Gasteiger partial charge in [-0.2, -0.15) is 0 Å². The van der Waals surface area contributed by atoms with Crippen LogP contribution in [0.2, 0.25) is 0 Å². The Kier molecular flexibility index (Phi) is 7.98. The summed E-state index contributed by atoms with van der Waals surface area (Å²) >= 11 is 0. The van der Waals surface area contributed by atoms with Crippen LogP contribution in [0.15, 0.2) is 48.5 Å². The summed E-state index contributed by atoms with van der Waals surface area (Å²) in [7, 11) is 0. The third kappa shape index (κ3) is 6.58. The van der Waals surface area contributed by atoms with E-state index in [1.165, 1.54) is 17.0 Å². The zero-order chi connectivity index (χ0) is 22.3. The van der Waals surface area contributed by atoms with Crippen molar-refractivity contribution in [2.75, 3.05) is 6.61 Å².